The molecule has 5 heteroatoms. The number of benzene rings is 2. The van der Waals surface area contributed by atoms with Crippen molar-refractivity contribution in [3.8, 4) is 5.75 Å². The molecule has 2 rings (SSSR count). The van der Waals surface area contributed by atoms with E-state index >= 15 is 0 Å². The molecule has 20 heavy (non-hydrogen) atoms. The minimum absolute atomic E-state index is 0.131. The predicted molar refractivity (Wildman–Crippen MR) is 79.7 cm³/mol. The van der Waals surface area contributed by atoms with E-state index in [-0.39, 0.29) is 4.90 Å². The highest BCUT2D eigenvalue weighted by Gasteiger charge is 2.19. The molecule has 0 aliphatic rings. The molecule has 0 aliphatic heterocycles. The standard InChI is InChI=1S/C15H17NO3S/c1-11-4-7-13(8-5-11)16-20(17,18)15-9-6-12(2)10-14(15)19-3/h4-10,16H,1-3H3. The van der Waals surface area contributed by atoms with Crippen molar-refractivity contribution in [2.75, 3.05) is 11.8 Å². The summed E-state index contributed by atoms with van der Waals surface area (Å²) in [5, 5.41) is 0. The van der Waals surface area contributed by atoms with Crippen LogP contribution in [-0.2, 0) is 10.0 Å². The number of aryl methyl sites for hydroxylation is 2. The van der Waals surface area contributed by atoms with Crippen molar-refractivity contribution >= 4 is 15.7 Å². The third-order valence-corrected chi connectivity index (χ3v) is 4.33. The van der Waals surface area contributed by atoms with Crippen LogP contribution in [0.2, 0.25) is 0 Å². The summed E-state index contributed by atoms with van der Waals surface area (Å²) in [5.74, 6) is 0.338. The molecule has 1 N–H and O–H groups in total. The maximum atomic E-state index is 12.4. The molecule has 0 aliphatic carbocycles. The van der Waals surface area contributed by atoms with E-state index < -0.39 is 10.0 Å². The summed E-state index contributed by atoms with van der Waals surface area (Å²) in [4.78, 5) is 0.131. The lowest BCUT2D eigenvalue weighted by molar-refractivity contribution is 0.402. The average molecular weight is 291 g/mol. The Bertz CT molecular complexity index is 706. The van der Waals surface area contributed by atoms with Gasteiger partial charge in [-0.25, -0.2) is 8.42 Å². The molecule has 106 valence electrons. The Balaban J connectivity index is 2.38. The molecular formula is C15H17NO3S. The molecule has 4 nitrogen and oxygen atoms in total. The zero-order valence-corrected chi connectivity index (χ0v) is 12.5. The molecule has 2 aromatic carbocycles. The van der Waals surface area contributed by atoms with Crippen molar-refractivity contribution in [2.24, 2.45) is 0 Å². The van der Waals surface area contributed by atoms with E-state index in [4.69, 9.17) is 4.74 Å². The van der Waals surface area contributed by atoms with Gasteiger partial charge in [-0.2, -0.15) is 0 Å². The SMILES string of the molecule is COc1cc(C)ccc1S(=O)(=O)Nc1ccc(C)cc1. The first kappa shape index (κ1) is 14.4. The summed E-state index contributed by atoms with van der Waals surface area (Å²) in [6, 6.07) is 12.1. The van der Waals surface area contributed by atoms with E-state index in [1.54, 1.807) is 30.3 Å². The van der Waals surface area contributed by atoms with Crippen LogP contribution in [0.1, 0.15) is 11.1 Å². The minimum atomic E-state index is -3.66. The third kappa shape index (κ3) is 3.11. The van der Waals surface area contributed by atoms with Crippen molar-refractivity contribution in [3.63, 3.8) is 0 Å². The molecule has 0 saturated carbocycles. The molecule has 2 aromatic rings. The highest BCUT2D eigenvalue weighted by atomic mass is 32.2. The summed E-state index contributed by atoms with van der Waals surface area (Å²) in [6.45, 7) is 3.83. The van der Waals surface area contributed by atoms with E-state index in [1.165, 1.54) is 7.11 Å². The monoisotopic (exact) mass is 291 g/mol. The molecule has 0 radical (unpaired) electrons. The van der Waals surface area contributed by atoms with Crippen LogP contribution < -0.4 is 9.46 Å². The van der Waals surface area contributed by atoms with Crippen molar-refractivity contribution < 1.29 is 13.2 Å². The quantitative estimate of drug-likeness (QED) is 0.941. The fraction of sp³-hybridized carbons (Fsp3) is 0.200. The van der Waals surface area contributed by atoms with Crippen molar-refractivity contribution in [3.05, 3.63) is 53.6 Å². The van der Waals surface area contributed by atoms with E-state index in [1.807, 2.05) is 26.0 Å². The Hall–Kier alpha value is -2.01. The zero-order chi connectivity index (χ0) is 14.8. The van der Waals surface area contributed by atoms with Gasteiger partial charge >= 0.3 is 0 Å². The average Bonchev–Trinajstić information content (AvgIpc) is 2.40. The van der Waals surface area contributed by atoms with Crippen LogP contribution in [0.3, 0.4) is 0 Å². The summed E-state index contributed by atoms with van der Waals surface area (Å²) in [6.07, 6.45) is 0. The van der Waals surface area contributed by atoms with E-state index in [0.29, 0.717) is 11.4 Å². The van der Waals surface area contributed by atoms with Gasteiger partial charge in [0, 0.05) is 5.69 Å². The van der Waals surface area contributed by atoms with Gasteiger partial charge in [0.25, 0.3) is 10.0 Å². The number of methoxy groups -OCH3 is 1. The van der Waals surface area contributed by atoms with Gasteiger partial charge < -0.3 is 4.74 Å². The number of hydrogen-bond acceptors (Lipinski definition) is 3. The Morgan fingerprint density at radius 3 is 2.15 bits per heavy atom. The maximum Gasteiger partial charge on any atom is 0.265 e. The molecule has 0 fully saturated rings. The lowest BCUT2D eigenvalue weighted by Gasteiger charge is -2.12. The highest BCUT2D eigenvalue weighted by Crippen LogP contribution is 2.26. The first-order valence-electron chi connectivity index (χ1n) is 6.16. The summed E-state index contributed by atoms with van der Waals surface area (Å²) in [5.41, 5.74) is 2.54. The van der Waals surface area contributed by atoms with Crippen molar-refractivity contribution in [1.82, 2.24) is 0 Å². The Kier molecular flexibility index (Phi) is 3.99. The van der Waals surface area contributed by atoms with Crippen LogP contribution in [0.15, 0.2) is 47.4 Å². The molecular weight excluding hydrogens is 274 g/mol. The second kappa shape index (κ2) is 5.54. The predicted octanol–water partition coefficient (Wildman–Crippen LogP) is 3.11. The van der Waals surface area contributed by atoms with Gasteiger partial charge in [0.2, 0.25) is 0 Å². The Labute approximate surface area is 119 Å². The molecule has 0 amide bonds. The van der Waals surface area contributed by atoms with Gasteiger partial charge in [0.1, 0.15) is 10.6 Å². The van der Waals surface area contributed by atoms with Crippen LogP contribution in [0, 0.1) is 13.8 Å². The third-order valence-electron chi connectivity index (χ3n) is 2.91. The topological polar surface area (TPSA) is 55.4 Å². The van der Waals surface area contributed by atoms with Gasteiger partial charge in [0.15, 0.2) is 0 Å². The first-order chi connectivity index (χ1) is 9.42. The Morgan fingerprint density at radius 1 is 0.950 bits per heavy atom. The van der Waals surface area contributed by atoms with Crippen LogP contribution in [0.4, 0.5) is 5.69 Å². The Morgan fingerprint density at radius 2 is 1.55 bits per heavy atom. The molecule has 0 saturated heterocycles. The van der Waals surface area contributed by atoms with Crippen LogP contribution >= 0.6 is 0 Å². The fourth-order valence-corrected chi connectivity index (χ4v) is 3.04. The highest BCUT2D eigenvalue weighted by molar-refractivity contribution is 7.92. The zero-order valence-electron chi connectivity index (χ0n) is 11.7. The normalized spacial score (nSPS) is 11.2. The molecule has 0 aromatic heterocycles. The summed E-state index contributed by atoms with van der Waals surface area (Å²) >= 11 is 0. The van der Waals surface area contributed by atoms with Crippen molar-refractivity contribution in [1.29, 1.82) is 0 Å². The van der Waals surface area contributed by atoms with Crippen LogP contribution in [0.5, 0.6) is 5.75 Å². The fourth-order valence-electron chi connectivity index (χ4n) is 1.83. The van der Waals surface area contributed by atoms with E-state index in [0.717, 1.165) is 11.1 Å². The smallest absolute Gasteiger partial charge is 0.265 e. The number of anilines is 1. The molecule has 0 atom stereocenters. The molecule has 0 bridgehead atoms. The largest absolute Gasteiger partial charge is 0.495 e. The lowest BCUT2D eigenvalue weighted by Crippen LogP contribution is -2.14. The molecule has 0 unspecified atom stereocenters. The number of sulfonamides is 1. The number of nitrogens with one attached hydrogen (secondary N) is 1. The van der Waals surface area contributed by atoms with Gasteiger partial charge in [-0.15, -0.1) is 0 Å². The second-order valence-corrected chi connectivity index (χ2v) is 6.28. The maximum absolute atomic E-state index is 12.4. The summed E-state index contributed by atoms with van der Waals surface area (Å²) < 4.78 is 32.5. The van der Waals surface area contributed by atoms with Gasteiger partial charge in [-0.1, -0.05) is 23.8 Å². The number of hydrogen-bond donors (Lipinski definition) is 1. The lowest BCUT2D eigenvalue weighted by atomic mass is 10.2. The number of rotatable bonds is 4. The minimum Gasteiger partial charge on any atom is -0.495 e. The van der Waals surface area contributed by atoms with Crippen LogP contribution in [0.25, 0.3) is 0 Å². The van der Waals surface area contributed by atoms with E-state index in [2.05, 4.69) is 4.72 Å². The molecule has 0 spiro atoms. The van der Waals surface area contributed by atoms with Gasteiger partial charge in [-0.3, -0.25) is 4.72 Å². The first-order valence-corrected chi connectivity index (χ1v) is 7.65. The van der Waals surface area contributed by atoms with E-state index in [9.17, 15) is 8.42 Å². The molecule has 0 heterocycles. The van der Waals surface area contributed by atoms with Crippen molar-refractivity contribution in [2.45, 2.75) is 18.7 Å². The van der Waals surface area contributed by atoms with Gasteiger partial charge in [-0.05, 0) is 43.7 Å². The van der Waals surface area contributed by atoms with Gasteiger partial charge in [0.05, 0.1) is 7.11 Å². The number of ether oxygens (including phenoxy) is 1. The second-order valence-electron chi connectivity index (χ2n) is 4.63. The van der Waals surface area contributed by atoms with Crippen LogP contribution in [-0.4, -0.2) is 15.5 Å². The summed E-state index contributed by atoms with van der Waals surface area (Å²) in [7, 11) is -2.20.